The molecule has 2 aromatic carbocycles. The molecule has 0 saturated carbocycles. The Hall–Kier alpha value is -3.21. The molecule has 0 aliphatic carbocycles. The topological polar surface area (TPSA) is 104 Å². The minimum atomic E-state index is -3.25. The minimum Gasteiger partial charge on any atom is -0.481 e. The van der Waals surface area contributed by atoms with E-state index >= 15 is 0 Å². The molecular formula is C25H20Cl2F2N4O4. The maximum atomic E-state index is 14.9. The summed E-state index contributed by atoms with van der Waals surface area (Å²) in [6, 6.07) is 8.52. The molecule has 8 nitrogen and oxygen atoms in total. The number of carboxylic acids is 1. The largest absolute Gasteiger partial charge is 0.481 e. The third-order valence-electron chi connectivity index (χ3n) is 7.79. The van der Waals surface area contributed by atoms with E-state index < -0.39 is 60.1 Å². The lowest BCUT2D eigenvalue weighted by Crippen LogP contribution is -2.54. The molecule has 12 heteroatoms. The molecule has 0 unspecified atom stereocenters. The van der Waals surface area contributed by atoms with E-state index in [1.807, 2.05) is 17.7 Å². The molecule has 2 saturated heterocycles. The summed E-state index contributed by atoms with van der Waals surface area (Å²) in [5, 5.41) is 16.6. The zero-order valence-corrected chi connectivity index (χ0v) is 20.8. The number of aromatic nitrogens is 1. The zero-order chi connectivity index (χ0) is 26.4. The second-order valence-electron chi connectivity index (χ2n) is 9.78. The Morgan fingerprint density at radius 1 is 1.22 bits per heavy atom. The molecule has 192 valence electrons. The van der Waals surface area contributed by atoms with Crippen molar-refractivity contribution in [1.29, 1.82) is 0 Å². The smallest absolute Gasteiger partial charge is 0.310 e. The van der Waals surface area contributed by atoms with E-state index in [1.165, 1.54) is 12.1 Å². The lowest BCUT2D eigenvalue weighted by molar-refractivity contribution is -0.153. The highest BCUT2D eigenvalue weighted by Gasteiger charge is 2.74. The van der Waals surface area contributed by atoms with Crippen molar-refractivity contribution in [3.63, 3.8) is 0 Å². The molecule has 3 aromatic rings. The van der Waals surface area contributed by atoms with Crippen molar-refractivity contribution in [2.45, 2.75) is 23.9 Å². The number of alkyl halides is 2. The average molecular weight is 549 g/mol. The third kappa shape index (κ3) is 3.25. The number of nitrogens with one attached hydrogen (secondary N) is 2. The Bertz CT molecular complexity index is 1530. The summed E-state index contributed by atoms with van der Waals surface area (Å²) in [7, 11) is 1.83. The summed E-state index contributed by atoms with van der Waals surface area (Å²) in [4.78, 5) is 41.4. The Morgan fingerprint density at radius 2 is 1.97 bits per heavy atom. The number of carbonyl (C=O) groups is 3. The second kappa shape index (κ2) is 7.89. The number of rotatable bonds is 3. The standard InChI is InChI=1S/C25H20Cl2F2N4O4/c1-32-6-5-12-15(3-2-4-16(12)32)30-21(34)18-17-9-24(28,29)10-33(17)25(19(18)22(35)36)13-7-11(26)8-14(27)20(13)31-23(25)37/h2-8,17-19H,9-10H2,1H3,(H,30,34)(H,31,37)(H,35,36)/t17-,18+,19-,25+/m1/s1. The molecule has 4 atom stereocenters. The van der Waals surface area contributed by atoms with Crippen LogP contribution in [0.3, 0.4) is 0 Å². The zero-order valence-electron chi connectivity index (χ0n) is 19.3. The van der Waals surface area contributed by atoms with Gasteiger partial charge in [0.15, 0.2) is 0 Å². The predicted octanol–water partition coefficient (Wildman–Crippen LogP) is 4.31. The Kier molecular flexibility index (Phi) is 5.15. The fraction of sp³-hybridized carbons (Fsp3) is 0.320. The minimum absolute atomic E-state index is 0.0445. The number of hydrogen-bond donors (Lipinski definition) is 3. The molecule has 4 heterocycles. The fourth-order valence-corrected chi connectivity index (χ4v) is 6.97. The van der Waals surface area contributed by atoms with Gasteiger partial charge in [-0.2, -0.15) is 0 Å². The van der Waals surface area contributed by atoms with Crippen LogP contribution >= 0.6 is 23.2 Å². The number of carbonyl (C=O) groups excluding carboxylic acids is 2. The number of aryl methyl sites for hydroxylation is 1. The lowest BCUT2D eigenvalue weighted by atomic mass is 9.73. The van der Waals surface area contributed by atoms with Crippen molar-refractivity contribution in [3.8, 4) is 0 Å². The van der Waals surface area contributed by atoms with Crippen LogP contribution in [0.4, 0.5) is 20.2 Å². The van der Waals surface area contributed by atoms with Gasteiger partial charge in [-0.3, -0.25) is 19.3 Å². The van der Waals surface area contributed by atoms with Crippen molar-refractivity contribution < 1.29 is 28.3 Å². The molecule has 0 radical (unpaired) electrons. The summed E-state index contributed by atoms with van der Waals surface area (Å²) in [6.07, 6.45) is 1.03. The first kappa shape index (κ1) is 24.1. The number of carboxylic acid groups (broad SMARTS) is 1. The number of halogens is 4. The van der Waals surface area contributed by atoms with Crippen molar-refractivity contribution in [2.75, 3.05) is 17.2 Å². The van der Waals surface area contributed by atoms with Crippen LogP contribution in [0, 0.1) is 11.8 Å². The van der Waals surface area contributed by atoms with E-state index in [-0.39, 0.29) is 21.3 Å². The van der Waals surface area contributed by atoms with Gasteiger partial charge in [0.2, 0.25) is 5.91 Å². The number of benzene rings is 2. The van der Waals surface area contributed by atoms with Gasteiger partial charge in [-0.15, -0.1) is 0 Å². The number of aliphatic carboxylic acids is 1. The van der Waals surface area contributed by atoms with Gasteiger partial charge in [-0.25, -0.2) is 8.78 Å². The first-order valence-electron chi connectivity index (χ1n) is 11.5. The van der Waals surface area contributed by atoms with Gasteiger partial charge in [-0.05, 0) is 30.3 Å². The molecule has 37 heavy (non-hydrogen) atoms. The molecule has 1 aromatic heterocycles. The first-order valence-corrected chi connectivity index (χ1v) is 12.2. The molecule has 3 aliphatic rings. The van der Waals surface area contributed by atoms with Crippen molar-refractivity contribution >= 4 is 63.3 Å². The van der Waals surface area contributed by atoms with Crippen LogP contribution in [-0.2, 0) is 27.0 Å². The number of nitrogens with zero attached hydrogens (tertiary/aromatic N) is 2. The monoisotopic (exact) mass is 548 g/mol. The van der Waals surface area contributed by atoms with E-state index in [1.54, 1.807) is 24.4 Å². The van der Waals surface area contributed by atoms with Crippen LogP contribution in [-0.4, -0.2) is 50.9 Å². The van der Waals surface area contributed by atoms with E-state index in [0.717, 1.165) is 10.4 Å². The van der Waals surface area contributed by atoms with Crippen molar-refractivity contribution in [1.82, 2.24) is 9.47 Å². The number of hydrogen-bond acceptors (Lipinski definition) is 4. The Morgan fingerprint density at radius 3 is 2.70 bits per heavy atom. The first-order chi connectivity index (χ1) is 17.5. The van der Waals surface area contributed by atoms with Gasteiger partial charge >= 0.3 is 5.97 Å². The van der Waals surface area contributed by atoms with Gasteiger partial charge in [0.25, 0.3) is 11.8 Å². The van der Waals surface area contributed by atoms with Gasteiger partial charge in [0.1, 0.15) is 11.5 Å². The van der Waals surface area contributed by atoms with Crippen LogP contribution in [0.2, 0.25) is 10.0 Å². The van der Waals surface area contributed by atoms with E-state index in [0.29, 0.717) is 11.1 Å². The van der Waals surface area contributed by atoms with Gasteiger partial charge in [-0.1, -0.05) is 29.3 Å². The highest BCUT2D eigenvalue weighted by atomic mass is 35.5. The fourth-order valence-electron chi connectivity index (χ4n) is 6.43. The molecule has 2 amide bonds. The normalized spacial score (nSPS) is 27.9. The summed E-state index contributed by atoms with van der Waals surface area (Å²) in [5.41, 5.74) is -0.692. The van der Waals surface area contributed by atoms with Crippen LogP contribution in [0.1, 0.15) is 12.0 Å². The predicted molar refractivity (Wildman–Crippen MR) is 133 cm³/mol. The van der Waals surface area contributed by atoms with Gasteiger partial charge < -0.3 is 20.3 Å². The van der Waals surface area contributed by atoms with E-state index in [4.69, 9.17) is 23.2 Å². The Balaban J connectivity index is 1.52. The molecule has 0 bridgehead atoms. The van der Waals surface area contributed by atoms with Crippen molar-refractivity contribution in [3.05, 3.63) is 58.2 Å². The quantitative estimate of drug-likeness (QED) is 0.452. The summed E-state index contributed by atoms with van der Waals surface area (Å²) >= 11 is 12.5. The van der Waals surface area contributed by atoms with Crippen LogP contribution in [0.15, 0.2) is 42.6 Å². The molecule has 3 aliphatic heterocycles. The summed E-state index contributed by atoms with van der Waals surface area (Å²) < 4.78 is 31.6. The molecule has 6 rings (SSSR count). The summed E-state index contributed by atoms with van der Waals surface area (Å²) in [5.74, 6) is -9.46. The van der Waals surface area contributed by atoms with Crippen molar-refractivity contribution in [2.24, 2.45) is 18.9 Å². The lowest BCUT2D eigenvalue weighted by Gasteiger charge is -2.35. The van der Waals surface area contributed by atoms with Gasteiger partial charge in [0, 0.05) is 47.2 Å². The number of fused-ring (bicyclic) bond motifs is 5. The van der Waals surface area contributed by atoms with Crippen LogP contribution in [0.5, 0.6) is 0 Å². The van der Waals surface area contributed by atoms with E-state index in [9.17, 15) is 28.3 Å². The molecule has 3 N–H and O–H groups in total. The Labute approximate surface area is 219 Å². The maximum Gasteiger partial charge on any atom is 0.310 e. The number of anilines is 2. The summed E-state index contributed by atoms with van der Waals surface area (Å²) in [6.45, 7) is -0.892. The average Bonchev–Trinajstić information content (AvgIpc) is 3.50. The van der Waals surface area contributed by atoms with E-state index in [2.05, 4.69) is 10.6 Å². The van der Waals surface area contributed by atoms with Crippen LogP contribution in [0.25, 0.3) is 10.9 Å². The number of amides is 2. The van der Waals surface area contributed by atoms with Crippen LogP contribution < -0.4 is 10.6 Å². The highest BCUT2D eigenvalue weighted by Crippen LogP contribution is 2.61. The third-order valence-corrected chi connectivity index (χ3v) is 8.31. The SMILES string of the molecule is Cn1ccc2c(NC(=O)[C@H]3[C@H]4CC(F)(F)CN4[C@]4(C(=O)Nc5c(Cl)cc(Cl)cc54)[C@H]3C(=O)O)cccc21. The highest BCUT2D eigenvalue weighted by molar-refractivity contribution is 6.38. The molecular weight excluding hydrogens is 529 g/mol. The maximum absolute atomic E-state index is 14.9. The molecule has 2 fully saturated rings. The second-order valence-corrected chi connectivity index (χ2v) is 10.6. The van der Waals surface area contributed by atoms with Gasteiger partial charge in [0.05, 0.1) is 28.9 Å². The molecule has 1 spiro atoms.